The summed E-state index contributed by atoms with van der Waals surface area (Å²) < 4.78 is 6.00. The lowest BCUT2D eigenvalue weighted by molar-refractivity contribution is 0.165. The van der Waals surface area contributed by atoms with Crippen molar-refractivity contribution >= 4 is 34.3 Å². The summed E-state index contributed by atoms with van der Waals surface area (Å²) in [7, 11) is 3.35. The molecule has 1 N–H and O–H groups in total. The molecule has 16 heavy (non-hydrogen) atoms. The fourth-order valence-electron chi connectivity index (χ4n) is 1.11. The van der Waals surface area contributed by atoms with Gasteiger partial charge in [0.15, 0.2) is 0 Å². The quantitative estimate of drug-likeness (QED) is 0.859. The monoisotopic (exact) mass is 334 g/mol. The number of methoxy groups -OCH3 is 1. The molecule has 0 unspecified atom stereocenters. The van der Waals surface area contributed by atoms with Crippen molar-refractivity contribution in [3.8, 4) is 0 Å². The van der Waals surface area contributed by atoms with Crippen LogP contribution in [-0.2, 0) is 4.74 Å². The first-order valence-electron chi connectivity index (χ1n) is 4.90. The summed E-state index contributed by atoms with van der Waals surface area (Å²) in [6.45, 7) is 1.11. The van der Waals surface area contributed by atoms with Gasteiger partial charge in [0.1, 0.15) is 0 Å². The van der Waals surface area contributed by atoms with E-state index in [-0.39, 0.29) is 6.03 Å². The van der Waals surface area contributed by atoms with Crippen LogP contribution >= 0.6 is 22.6 Å². The van der Waals surface area contributed by atoms with Gasteiger partial charge in [0.05, 0.1) is 6.61 Å². The average molecular weight is 334 g/mol. The molecule has 88 valence electrons. The first-order chi connectivity index (χ1) is 7.63. The summed E-state index contributed by atoms with van der Waals surface area (Å²) in [5.41, 5.74) is 0.807. The van der Waals surface area contributed by atoms with Crippen LogP contribution in [0.4, 0.5) is 10.5 Å². The molecule has 0 aliphatic rings. The molecule has 0 saturated heterocycles. The molecule has 0 bridgehead atoms. The third-order valence-electron chi connectivity index (χ3n) is 2.05. The van der Waals surface area contributed by atoms with E-state index >= 15 is 0 Å². The fourth-order valence-corrected chi connectivity index (χ4v) is 1.66. The molecule has 0 atom stereocenters. The molecule has 1 rings (SSSR count). The molecular weight excluding hydrogens is 319 g/mol. The Balaban J connectivity index is 2.50. The first kappa shape index (κ1) is 13.2. The maximum atomic E-state index is 11.7. The second-order valence-electron chi connectivity index (χ2n) is 3.35. The molecular formula is C11H15IN2O2. The van der Waals surface area contributed by atoms with Crippen molar-refractivity contribution in [1.82, 2.24) is 4.90 Å². The Hall–Kier alpha value is -0.820. The van der Waals surface area contributed by atoms with Crippen LogP contribution in [-0.4, -0.2) is 38.2 Å². The van der Waals surface area contributed by atoms with E-state index in [1.165, 1.54) is 0 Å². The highest BCUT2D eigenvalue weighted by Gasteiger charge is 2.07. The number of hydrogen-bond donors (Lipinski definition) is 1. The second kappa shape index (κ2) is 6.70. The highest BCUT2D eigenvalue weighted by Crippen LogP contribution is 2.12. The Bertz CT molecular complexity index is 358. The Morgan fingerprint density at radius 2 is 2.31 bits per heavy atom. The highest BCUT2D eigenvalue weighted by atomic mass is 127. The summed E-state index contributed by atoms with van der Waals surface area (Å²) in [4.78, 5) is 13.3. The smallest absolute Gasteiger partial charge is 0.321 e. The molecule has 0 spiro atoms. The van der Waals surface area contributed by atoms with Crippen LogP contribution in [0.2, 0.25) is 0 Å². The van der Waals surface area contributed by atoms with Crippen LogP contribution in [0, 0.1) is 3.57 Å². The number of amides is 2. The van der Waals surface area contributed by atoms with Crippen LogP contribution in [0.3, 0.4) is 0 Å². The predicted molar refractivity (Wildman–Crippen MR) is 72.7 cm³/mol. The molecule has 0 aromatic heterocycles. The van der Waals surface area contributed by atoms with Crippen LogP contribution < -0.4 is 5.32 Å². The zero-order valence-corrected chi connectivity index (χ0v) is 11.5. The number of urea groups is 1. The molecule has 5 heteroatoms. The zero-order valence-electron chi connectivity index (χ0n) is 9.37. The van der Waals surface area contributed by atoms with Gasteiger partial charge in [-0.3, -0.25) is 0 Å². The molecule has 4 nitrogen and oxygen atoms in total. The van der Waals surface area contributed by atoms with Crippen LogP contribution in [0.1, 0.15) is 0 Å². The number of halogens is 1. The van der Waals surface area contributed by atoms with E-state index in [4.69, 9.17) is 4.74 Å². The van der Waals surface area contributed by atoms with Crippen molar-refractivity contribution in [1.29, 1.82) is 0 Å². The van der Waals surface area contributed by atoms with Gasteiger partial charge in [0.2, 0.25) is 0 Å². The molecule has 0 aliphatic heterocycles. The lowest BCUT2D eigenvalue weighted by atomic mass is 10.3. The Kier molecular flexibility index (Phi) is 5.54. The van der Waals surface area contributed by atoms with Crippen molar-refractivity contribution in [2.45, 2.75) is 0 Å². The van der Waals surface area contributed by atoms with E-state index in [1.807, 2.05) is 24.3 Å². The summed E-state index contributed by atoms with van der Waals surface area (Å²) in [6.07, 6.45) is 0. The lowest BCUT2D eigenvalue weighted by Gasteiger charge is -2.17. The van der Waals surface area contributed by atoms with E-state index in [9.17, 15) is 4.79 Å². The van der Waals surface area contributed by atoms with Gasteiger partial charge in [-0.2, -0.15) is 0 Å². The molecule has 0 fully saturated rings. The minimum Gasteiger partial charge on any atom is -0.383 e. The van der Waals surface area contributed by atoms with Crippen LogP contribution in [0.25, 0.3) is 0 Å². The van der Waals surface area contributed by atoms with E-state index < -0.39 is 0 Å². The van der Waals surface area contributed by atoms with Gasteiger partial charge >= 0.3 is 6.03 Å². The molecule has 1 aromatic carbocycles. The number of carbonyl (C=O) groups excluding carboxylic acids is 1. The van der Waals surface area contributed by atoms with Gasteiger partial charge < -0.3 is 15.0 Å². The van der Waals surface area contributed by atoms with Crippen molar-refractivity contribution in [2.75, 3.05) is 32.6 Å². The predicted octanol–water partition coefficient (Wildman–Crippen LogP) is 2.40. The summed E-state index contributed by atoms with van der Waals surface area (Å²) in [6, 6.07) is 7.54. The third kappa shape index (κ3) is 4.36. The normalized spacial score (nSPS) is 9.94. The Morgan fingerprint density at radius 1 is 1.56 bits per heavy atom. The van der Waals surface area contributed by atoms with Gasteiger partial charge in [-0.1, -0.05) is 6.07 Å². The van der Waals surface area contributed by atoms with Crippen molar-refractivity contribution in [2.24, 2.45) is 0 Å². The number of anilines is 1. The summed E-state index contributed by atoms with van der Waals surface area (Å²) in [5, 5.41) is 2.82. The standard InChI is InChI=1S/C11H15IN2O2/c1-14(6-7-16-2)11(15)13-10-5-3-4-9(12)8-10/h3-5,8H,6-7H2,1-2H3,(H,13,15). The van der Waals surface area contributed by atoms with Crippen LogP contribution in [0.5, 0.6) is 0 Å². The van der Waals surface area contributed by atoms with Gasteiger partial charge in [0.25, 0.3) is 0 Å². The number of ether oxygens (including phenoxy) is 1. The van der Waals surface area contributed by atoms with Gasteiger partial charge in [-0.15, -0.1) is 0 Å². The second-order valence-corrected chi connectivity index (χ2v) is 4.60. The van der Waals surface area contributed by atoms with E-state index in [0.29, 0.717) is 13.2 Å². The maximum absolute atomic E-state index is 11.7. The largest absolute Gasteiger partial charge is 0.383 e. The number of hydrogen-bond acceptors (Lipinski definition) is 2. The fraction of sp³-hybridized carbons (Fsp3) is 0.364. The molecule has 0 aliphatic carbocycles. The Morgan fingerprint density at radius 3 is 2.94 bits per heavy atom. The van der Waals surface area contributed by atoms with Gasteiger partial charge in [-0.05, 0) is 40.8 Å². The molecule has 0 saturated carbocycles. The van der Waals surface area contributed by atoms with E-state index in [2.05, 4.69) is 27.9 Å². The number of carbonyl (C=O) groups is 1. The number of likely N-dealkylation sites (N-methyl/N-ethyl adjacent to an activating group) is 1. The molecule has 0 radical (unpaired) electrons. The lowest BCUT2D eigenvalue weighted by Crippen LogP contribution is -2.33. The average Bonchev–Trinajstić information content (AvgIpc) is 2.25. The zero-order chi connectivity index (χ0) is 12.0. The molecule has 1 aromatic rings. The maximum Gasteiger partial charge on any atom is 0.321 e. The minimum atomic E-state index is -0.126. The number of nitrogens with one attached hydrogen (secondary N) is 1. The number of benzene rings is 1. The van der Waals surface area contributed by atoms with Crippen molar-refractivity contribution in [3.63, 3.8) is 0 Å². The Labute approximate surface area is 109 Å². The van der Waals surface area contributed by atoms with Crippen molar-refractivity contribution in [3.05, 3.63) is 27.8 Å². The SMILES string of the molecule is COCCN(C)C(=O)Nc1cccc(I)c1. The topological polar surface area (TPSA) is 41.6 Å². The van der Waals surface area contributed by atoms with E-state index in [0.717, 1.165) is 9.26 Å². The van der Waals surface area contributed by atoms with Crippen LogP contribution in [0.15, 0.2) is 24.3 Å². The summed E-state index contributed by atoms with van der Waals surface area (Å²) >= 11 is 2.21. The van der Waals surface area contributed by atoms with E-state index in [1.54, 1.807) is 19.1 Å². The molecule has 2 amide bonds. The first-order valence-corrected chi connectivity index (χ1v) is 5.98. The number of rotatable bonds is 4. The minimum absolute atomic E-state index is 0.126. The highest BCUT2D eigenvalue weighted by molar-refractivity contribution is 14.1. The summed E-state index contributed by atoms with van der Waals surface area (Å²) in [5.74, 6) is 0. The van der Waals surface area contributed by atoms with Crippen molar-refractivity contribution < 1.29 is 9.53 Å². The number of nitrogens with zero attached hydrogens (tertiary/aromatic N) is 1. The van der Waals surface area contributed by atoms with Gasteiger partial charge in [-0.25, -0.2) is 4.79 Å². The van der Waals surface area contributed by atoms with Gasteiger partial charge in [0, 0.05) is 30.0 Å². The third-order valence-corrected chi connectivity index (χ3v) is 2.72. The molecule has 0 heterocycles.